The molecule has 0 saturated carbocycles. The molecule has 2 atom stereocenters. The first-order valence-corrected chi connectivity index (χ1v) is 5.63. The van der Waals surface area contributed by atoms with Crippen LogP contribution in [0.3, 0.4) is 0 Å². The van der Waals surface area contributed by atoms with Gasteiger partial charge in [-0.15, -0.1) is 0 Å². The average molecular weight is 228 g/mol. The van der Waals surface area contributed by atoms with Crippen molar-refractivity contribution in [1.29, 1.82) is 0 Å². The van der Waals surface area contributed by atoms with Crippen LogP contribution >= 0.6 is 0 Å². The minimum Gasteiger partial charge on any atom is -0.467 e. The van der Waals surface area contributed by atoms with Crippen molar-refractivity contribution in [2.45, 2.75) is 38.8 Å². The standard InChI is InChI=1S/C11H20N2O3/c1-7(2)9(12)10(14)13-6-4-5-8(13)11(15)16-3/h7-9H,4-6,12H2,1-3H3/t8-,9?/m0/s1. The first-order chi connectivity index (χ1) is 7.49. The van der Waals surface area contributed by atoms with Gasteiger partial charge in [-0.3, -0.25) is 4.79 Å². The Kier molecular flexibility index (Phi) is 4.29. The molecule has 16 heavy (non-hydrogen) atoms. The molecule has 1 amide bonds. The van der Waals surface area contributed by atoms with Crippen LogP contribution < -0.4 is 5.73 Å². The van der Waals surface area contributed by atoms with Crippen LogP contribution in [-0.2, 0) is 14.3 Å². The molecule has 0 bridgehead atoms. The van der Waals surface area contributed by atoms with Crippen LogP contribution in [0.1, 0.15) is 26.7 Å². The highest BCUT2D eigenvalue weighted by molar-refractivity contribution is 5.88. The number of ether oxygens (including phenoxy) is 1. The van der Waals surface area contributed by atoms with E-state index in [0.29, 0.717) is 13.0 Å². The minimum atomic E-state index is -0.537. The fourth-order valence-electron chi connectivity index (χ4n) is 1.89. The van der Waals surface area contributed by atoms with Gasteiger partial charge in [0.05, 0.1) is 13.2 Å². The smallest absolute Gasteiger partial charge is 0.328 e. The van der Waals surface area contributed by atoms with Gasteiger partial charge in [-0.05, 0) is 18.8 Å². The van der Waals surface area contributed by atoms with Crippen molar-refractivity contribution in [3.05, 3.63) is 0 Å². The number of hydrogen-bond acceptors (Lipinski definition) is 4. The third kappa shape index (κ3) is 2.52. The zero-order valence-corrected chi connectivity index (χ0v) is 10.1. The zero-order valence-electron chi connectivity index (χ0n) is 10.1. The Bertz CT molecular complexity index is 278. The summed E-state index contributed by atoms with van der Waals surface area (Å²) >= 11 is 0. The summed E-state index contributed by atoms with van der Waals surface area (Å²) in [6.07, 6.45) is 1.50. The molecule has 0 aromatic heterocycles. The lowest BCUT2D eigenvalue weighted by molar-refractivity contribution is -0.151. The lowest BCUT2D eigenvalue weighted by Crippen LogP contribution is -2.50. The zero-order chi connectivity index (χ0) is 12.3. The summed E-state index contributed by atoms with van der Waals surface area (Å²) in [7, 11) is 1.34. The number of rotatable bonds is 3. The van der Waals surface area contributed by atoms with E-state index >= 15 is 0 Å². The second kappa shape index (κ2) is 5.30. The lowest BCUT2D eigenvalue weighted by Gasteiger charge is -2.27. The number of amides is 1. The van der Waals surface area contributed by atoms with Crippen LogP contribution in [0.4, 0.5) is 0 Å². The van der Waals surface area contributed by atoms with E-state index in [1.54, 1.807) is 4.90 Å². The van der Waals surface area contributed by atoms with Crippen molar-refractivity contribution in [2.24, 2.45) is 11.7 Å². The maximum Gasteiger partial charge on any atom is 0.328 e. The number of carbonyl (C=O) groups excluding carboxylic acids is 2. The van der Waals surface area contributed by atoms with Gasteiger partial charge in [0, 0.05) is 6.54 Å². The molecule has 5 heteroatoms. The number of nitrogens with two attached hydrogens (primary N) is 1. The van der Waals surface area contributed by atoms with Crippen LogP contribution in [0, 0.1) is 5.92 Å². The van der Waals surface area contributed by atoms with Crippen molar-refractivity contribution in [2.75, 3.05) is 13.7 Å². The SMILES string of the molecule is COC(=O)[C@@H]1CCCN1C(=O)C(N)C(C)C. The number of hydrogen-bond donors (Lipinski definition) is 1. The van der Waals surface area contributed by atoms with Gasteiger partial charge in [-0.1, -0.05) is 13.8 Å². The molecule has 1 aliphatic heterocycles. The van der Waals surface area contributed by atoms with Gasteiger partial charge in [0.2, 0.25) is 5.91 Å². The van der Waals surface area contributed by atoms with Gasteiger partial charge >= 0.3 is 5.97 Å². The summed E-state index contributed by atoms with van der Waals surface area (Å²) in [6, 6.07) is -0.979. The highest BCUT2D eigenvalue weighted by atomic mass is 16.5. The third-order valence-corrected chi connectivity index (χ3v) is 3.01. The molecule has 1 heterocycles. The lowest BCUT2D eigenvalue weighted by atomic mass is 10.0. The monoisotopic (exact) mass is 228 g/mol. The molecule has 92 valence electrons. The summed E-state index contributed by atoms with van der Waals surface area (Å²) in [5.41, 5.74) is 5.80. The number of likely N-dealkylation sites (tertiary alicyclic amines) is 1. The number of nitrogens with zero attached hydrogens (tertiary/aromatic N) is 1. The average Bonchev–Trinajstić information content (AvgIpc) is 2.74. The van der Waals surface area contributed by atoms with E-state index in [2.05, 4.69) is 4.74 Å². The normalized spacial score (nSPS) is 22.3. The molecule has 0 spiro atoms. The van der Waals surface area contributed by atoms with Crippen molar-refractivity contribution in [1.82, 2.24) is 4.90 Å². The predicted octanol–water partition coefficient (Wildman–Crippen LogP) is 0.134. The van der Waals surface area contributed by atoms with Crippen LogP contribution in [0.2, 0.25) is 0 Å². The van der Waals surface area contributed by atoms with E-state index < -0.39 is 12.1 Å². The molecule has 2 N–H and O–H groups in total. The first kappa shape index (κ1) is 13.0. The highest BCUT2D eigenvalue weighted by Gasteiger charge is 2.37. The quantitative estimate of drug-likeness (QED) is 0.697. The van der Waals surface area contributed by atoms with Crippen molar-refractivity contribution < 1.29 is 14.3 Å². The molecule has 0 aliphatic carbocycles. The molecular formula is C11H20N2O3. The van der Waals surface area contributed by atoms with Gasteiger partial charge in [0.25, 0.3) is 0 Å². The van der Waals surface area contributed by atoms with Crippen LogP contribution in [-0.4, -0.2) is 42.5 Å². The molecular weight excluding hydrogens is 208 g/mol. The Labute approximate surface area is 95.9 Å². The fourth-order valence-corrected chi connectivity index (χ4v) is 1.89. The van der Waals surface area contributed by atoms with E-state index in [4.69, 9.17) is 5.73 Å². The Morgan fingerprint density at radius 1 is 1.44 bits per heavy atom. The fraction of sp³-hybridized carbons (Fsp3) is 0.818. The second-order valence-corrected chi connectivity index (χ2v) is 4.48. The number of esters is 1. The molecule has 0 radical (unpaired) electrons. The van der Waals surface area contributed by atoms with Crippen LogP contribution in [0.15, 0.2) is 0 Å². The van der Waals surface area contributed by atoms with Crippen molar-refractivity contribution in [3.8, 4) is 0 Å². The molecule has 0 aromatic rings. The van der Waals surface area contributed by atoms with Crippen molar-refractivity contribution in [3.63, 3.8) is 0 Å². The summed E-state index contributed by atoms with van der Waals surface area (Å²) in [5.74, 6) is -0.420. The second-order valence-electron chi connectivity index (χ2n) is 4.48. The number of methoxy groups -OCH3 is 1. The molecule has 1 aliphatic rings. The van der Waals surface area contributed by atoms with Crippen LogP contribution in [0.25, 0.3) is 0 Å². The van der Waals surface area contributed by atoms with Gasteiger partial charge in [0.15, 0.2) is 0 Å². The van der Waals surface area contributed by atoms with E-state index in [1.165, 1.54) is 7.11 Å². The van der Waals surface area contributed by atoms with E-state index in [0.717, 1.165) is 6.42 Å². The predicted molar refractivity (Wildman–Crippen MR) is 59.6 cm³/mol. The topological polar surface area (TPSA) is 72.6 Å². The van der Waals surface area contributed by atoms with E-state index in [-0.39, 0.29) is 17.8 Å². The summed E-state index contributed by atoms with van der Waals surface area (Å²) in [5, 5.41) is 0. The third-order valence-electron chi connectivity index (χ3n) is 3.01. The largest absolute Gasteiger partial charge is 0.467 e. The van der Waals surface area contributed by atoms with Gasteiger partial charge in [-0.25, -0.2) is 4.79 Å². The van der Waals surface area contributed by atoms with E-state index in [9.17, 15) is 9.59 Å². The Morgan fingerprint density at radius 3 is 2.56 bits per heavy atom. The molecule has 0 aromatic carbocycles. The highest BCUT2D eigenvalue weighted by Crippen LogP contribution is 2.20. The summed E-state index contributed by atoms with van der Waals surface area (Å²) < 4.78 is 4.68. The van der Waals surface area contributed by atoms with Gasteiger partial charge < -0.3 is 15.4 Å². The number of carbonyl (C=O) groups is 2. The Hall–Kier alpha value is -1.10. The molecule has 1 rings (SSSR count). The maximum absolute atomic E-state index is 12.0. The summed E-state index contributed by atoms with van der Waals surface area (Å²) in [4.78, 5) is 25.0. The van der Waals surface area contributed by atoms with Gasteiger partial charge in [-0.2, -0.15) is 0 Å². The van der Waals surface area contributed by atoms with Crippen molar-refractivity contribution >= 4 is 11.9 Å². The molecule has 1 unspecified atom stereocenters. The van der Waals surface area contributed by atoms with Gasteiger partial charge in [0.1, 0.15) is 6.04 Å². The van der Waals surface area contributed by atoms with Crippen LogP contribution in [0.5, 0.6) is 0 Å². The molecule has 5 nitrogen and oxygen atoms in total. The Morgan fingerprint density at radius 2 is 2.06 bits per heavy atom. The minimum absolute atomic E-state index is 0.0754. The molecule has 1 fully saturated rings. The summed E-state index contributed by atoms with van der Waals surface area (Å²) in [6.45, 7) is 4.39. The Balaban J connectivity index is 2.71. The first-order valence-electron chi connectivity index (χ1n) is 5.63. The van der Waals surface area contributed by atoms with E-state index in [1.807, 2.05) is 13.8 Å². The molecule has 1 saturated heterocycles. The maximum atomic E-state index is 12.0.